The van der Waals surface area contributed by atoms with Gasteiger partial charge in [-0.05, 0) is 114 Å². The van der Waals surface area contributed by atoms with Crippen LogP contribution < -0.4 is 0 Å². The van der Waals surface area contributed by atoms with Crippen LogP contribution in [-0.2, 0) is 0 Å². The molecule has 0 nitrogen and oxygen atoms in total. The molecule has 1 saturated heterocycles. The number of fused-ring (bicyclic) bond motifs is 7. The van der Waals surface area contributed by atoms with E-state index in [2.05, 4.69) is 78.1 Å². The van der Waals surface area contributed by atoms with Crippen LogP contribution in [0.2, 0.25) is 0 Å². The molecule has 0 aromatic heterocycles. The fourth-order valence-corrected chi connectivity index (χ4v) is 15.1. The van der Waals surface area contributed by atoms with Crippen molar-refractivity contribution in [3.63, 3.8) is 0 Å². The summed E-state index contributed by atoms with van der Waals surface area (Å²) in [6.45, 7) is 18.7. The summed E-state index contributed by atoms with van der Waals surface area (Å²) >= 11 is 4.67. The predicted octanol–water partition coefficient (Wildman–Crippen LogP) is 9.98. The van der Waals surface area contributed by atoms with Crippen LogP contribution in [0.4, 0.5) is 0 Å². The fourth-order valence-electron chi connectivity index (χ4n) is 11.5. The van der Waals surface area contributed by atoms with Crippen molar-refractivity contribution in [2.45, 2.75) is 124 Å². The second kappa shape index (κ2) is 7.74. The molecule has 1 heterocycles. The molecule has 6 rings (SSSR count). The third-order valence-corrected chi connectivity index (χ3v) is 17.0. The highest BCUT2D eigenvalue weighted by Gasteiger charge is 2.68. The largest absolute Gasteiger partial charge is 0.146 e. The first-order chi connectivity index (χ1) is 15.9. The van der Waals surface area contributed by atoms with E-state index < -0.39 is 0 Å². The molecule has 0 aromatic carbocycles. The topological polar surface area (TPSA) is 0 Å². The maximum Gasteiger partial charge on any atom is 0.0564 e. The highest BCUT2D eigenvalue weighted by Crippen LogP contribution is 2.77. The zero-order valence-electron chi connectivity index (χ0n) is 23.4. The molecule has 6 aliphatic rings. The van der Waals surface area contributed by atoms with E-state index >= 15 is 0 Å². The third-order valence-electron chi connectivity index (χ3n) is 13.5. The molecule has 0 radical (unpaired) electrons. The second-order valence-corrected chi connectivity index (χ2v) is 18.6. The Morgan fingerprint density at radius 3 is 2.21 bits per heavy atom. The number of hydrogen-bond donors (Lipinski definition) is 0. The van der Waals surface area contributed by atoms with Crippen molar-refractivity contribution in [2.75, 3.05) is 11.5 Å². The van der Waals surface area contributed by atoms with Gasteiger partial charge in [0.2, 0.25) is 0 Å². The van der Waals surface area contributed by atoms with Crippen LogP contribution in [0.1, 0.15) is 119 Å². The lowest BCUT2D eigenvalue weighted by atomic mass is 9.34. The molecule has 0 N–H and O–H groups in total. The average Bonchev–Trinajstić information content (AvgIpc) is 3.29. The van der Waals surface area contributed by atoms with Gasteiger partial charge in [0.25, 0.3) is 0 Å². The summed E-state index contributed by atoms with van der Waals surface area (Å²) in [5, 5.41) is 0. The van der Waals surface area contributed by atoms with Crippen LogP contribution in [0, 0.1) is 50.2 Å². The molecule has 7 atom stereocenters. The van der Waals surface area contributed by atoms with Gasteiger partial charge in [0.15, 0.2) is 0 Å². The lowest BCUT2D eigenvalue weighted by molar-refractivity contribution is -0.179. The molecule has 34 heavy (non-hydrogen) atoms. The van der Waals surface area contributed by atoms with Crippen LogP contribution in [-0.4, -0.2) is 16.1 Å². The average molecular weight is 501 g/mol. The van der Waals surface area contributed by atoms with Gasteiger partial charge >= 0.3 is 0 Å². The summed E-state index contributed by atoms with van der Waals surface area (Å²) in [4.78, 5) is 0. The maximum atomic E-state index is 2.91. The first-order valence-corrected chi connectivity index (χ1v) is 16.9. The smallest absolute Gasteiger partial charge is 0.0564 e. The van der Waals surface area contributed by atoms with Crippen molar-refractivity contribution < 1.29 is 0 Å². The number of thioether (sulfide) groups is 2. The molecule has 2 heteroatoms. The summed E-state index contributed by atoms with van der Waals surface area (Å²) in [6, 6.07) is 0. The van der Waals surface area contributed by atoms with Gasteiger partial charge in [0.05, 0.1) is 4.58 Å². The minimum absolute atomic E-state index is 0.418. The highest BCUT2D eigenvalue weighted by atomic mass is 32.2. The number of allylic oxidation sites excluding steroid dienone is 2. The van der Waals surface area contributed by atoms with E-state index in [1.807, 2.05) is 5.57 Å². The Hall–Kier alpha value is 0.440. The molecule has 4 saturated carbocycles. The predicted molar refractivity (Wildman–Crippen MR) is 152 cm³/mol. The van der Waals surface area contributed by atoms with Crippen molar-refractivity contribution in [1.82, 2.24) is 0 Å². The Bertz CT molecular complexity index is 864. The first-order valence-electron chi connectivity index (χ1n) is 14.8. The van der Waals surface area contributed by atoms with Crippen LogP contribution in [0.3, 0.4) is 0 Å². The molecule has 5 fully saturated rings. The van der Waals surface area contributed by atoms with Crippen LogP contribution in [0.5, 0.6) is 0 Å². The van der Waals surface area contributed by atoms with Crippen molar-refractivity contribution >= 4 is 23.5 Å². The minimum atomic E-state index is 0.418. The lowest BCUT2D eigenvalue weighted by Gasteiger charge is -2.71. The fraction of sp³-hybridized carbons (Fsp3) is 0.938. The van der Waals surface area contributed by atoms with Crippen LogP contribution in [0.25, 0.3) is 0 Å². The van der Waals surface area contributed by atoms with Gasteiger partial charge in [0, 0.05) is 11.5 Å². The van der Waals surface area contributed by atoms with E-state index in [4.69, 9.17) is 0 Å². The molecular weight excluding hydrogens is 448 g/mol. The number of rotatable bonds is 1. The molecule has 192 valence electrons. The first kappa shape index (κ1) is 24.8. The Balaban J connectivity index is 1.43. The van der Waals surface area contributed by atoms with E-state index in [-0.39, 0.29) is 0 Å². The Morgan fingerprint density at radius 1 is 0.765 bits per heavy atom. The van der Waals surface area contributed by atoms with E-state index in [9.17, 15) is 0 Å². The molecular formula is C32H52S2. The van der Waals surface area contributed by atoms with E-state index in [0.717, 1.165) is 22.3 Å². The van der Waals surface area contributed by atoms with Gasteiger partial charge in [-0.25, -0.2) is 0 Å². The zero-order chi connectivity index (χ0) is 24.2. The molecule has 0 bridgehead atoms. The van der Waals surface area contributed by atoms with E-state index in [1.54, 1.807) is 0 Å². The van der Waals surface area contributed by atoms with Gasteiger partial charge in [0.1, 0.15) is 0 Å². The molecule has 0 spiro atoms. The normalized spacial score (nSPS) is 52.1. The third kappa shape index (κ3) is 3.18. The molecule has 0 amide bonds. The maximum absolute atomic E-state index is 2.91. The van der Waals surface area contributed by atoms with Gasteiger partial charge in [-0.2, -0.15) is 0 Å². The van der Waals surface area contributed by atoms with Gasteiger partial charge in [-0.1, -0.05) is 66.5 Å². The van der Waals surface area contributed by atoms with Gasteiger partial charge in [-0.3, -0.25) is 0 Å². The van der Waals surface area contributed by atoms with Gasteiger partial charge < -0.3 is 0 Å². The Kier molecular flexibility index (Phi) is 5.63. The SMILES string of the molecule is CC1(C)CCC2(C3SCCS3)CCC3(C)C(=CCC4C5(C)CCCC(C)(C)C5CCC43C)C2C1. The summed E-state index contributed by atoms with van der Waals surface area (Å²) < 4.78 is 0.858. The summed E-state index contributed by atoms with van der Waals surface area (Å²) in [6.07, 6.45) is 19.0. The standard InChI is InChI=1S/C32H52S2/c1-27(2)15-17-32(26-33-19-20-34-26)18-16-30(6)22(23(32)21-27)9-10-25-29(5)13-8-12-28(3,4)24(29)11-14-31(25,30)7/h9,23-26H,8,10-21H2,1-7H3. The quantitative estimate of drug-likeness (QED) is 0.328. The summed E-state index contributed by atoms with van der Waals surface area (Å²) in [7, 11) is 0. The minimum Gasteiger partial charge on any atom is -0.146 e. The second-order valence-electron chi connectivity index (χ2n) is 15.9. The van der Waals surface area contributed by atoms with E-state index in [0.29, 0.717) is 32.5 Å². The number of hydrogen-bond acceptors (Lipinski definition) is 2. The van der Waals surface area contributed by atoms with Gasteiger partial charge in [-0.15, -0.1) is 23.5 Å². The molecule has 5 aliphatic carbocycles. The van der Waals surface area contributed by atoms with Crippen molar-refractivity contribution in [3.05, 3.63) is 11.6 Å². The molecule has 1 aliphatic heterocycles. The highest BCUT2D eigenvalue weighted by molar-refractivity contribution is 8.20. The van der Waals surface area contributed by atoms with Crippen LogP contribution >= 0.6 is 23.5 Å². The monoisotopic (exact) mass is 500 g/mol. The molecule has 7 unspecified atom stereocenters. The van der Waals surface area contributed by atoms with Crippen molar-refractivity contribution in [1.29, 1.82) is 0 Å². The molecule has 0 aromatic rings. The zero-order valence-corrected chi connectivity index (χ0v) is 25.0. The lowest BCUT2D eigenvalue weighted by Crippen LogP contribution is -2.63. The summed E-state index contributed by atoms with van der Waals surface area (Å²) in [5.74, 6) is 5.42. The van der Waals surface area contributed by atoms with Crippen molar-refractivity contribution in [3.8, 4) is 0 Å². The Morgan fingerprint density at radius 2 is 1.47 bits per heavy atom. The Labute approximate surface area is 220 Å². The van der Waals surface area contributed by atoms with Crippen molar-refractivity contribution in [2.24, 2.45) is 50.2 Å². The van der Waals surface area contributed by atoms with E-state index in [1.165, 1.54) is 82.1 Å². The summed E-state index contributed by atoms with van der Waals surface area (Å²) in [5.41, 5.74) is 5.03. The van der Waals surface area contributed by atoms with Crippen LogP contribution in [0.15, 0.2) is 11.6 Å².